The summed E-state index contributed by atoms with van der Waals surface area (Å²) in [6, 6.07) is 0.381. The number of methoxy groups -OCH3 is 1. The molecule has 1 aromatic rings. The molecule has 1 aliphatic carbocycles. The second kappa shape index (κ2) is 5.41. The first-order valence-electron chi connectivity index (χ1n) is 5.93. The smallest absolute Gasteiger partial charge is 0.135 e. The summed E-state index contributed by atoms with van der Waals surface area (Å²) in [5, 5.41) is 8.23. The van der Waals surface area contributed by atoms with Crippen LogP contribution in [0.3, 0.4) is 0 Å². The molecular formula is C11H20N4O. The van der Waals surface area contributed by atoms with Gasteiger partial charge in [0.05, 0.1) is 6.61 Å². The molecule has 1 aromatic heterocycles. The van der Waals surface area contributed by atoms with E-state index >= 15 is 0 Å². The van der Waals surface area contributed by atoms with Crippen LogP contribution in [0.15, 0.2) is 6.33 Å². The maximum atomic E-state index is 5.91. The van der Waals surface area contributed by atoms with Crippen LogP contribution in [0.4, 0.5) is 0 Å². The summed E-state index contributed by atoms with van der Waals surface area (Å²) >= 11 is 0. The Morgan fingerprint density at radius 3 is 2.88 bits per heavy atom. The van der Waals surface area contributed by atoms with Crippen LogP contribution in [-0.4, -0.2) is 34.5 Å². The van der Waals surface area contributed by atoms with E-state index < -0.39 is 0 Å². The zero-order chi connectivity index (χ0) is 11.4. The van der Waals surface area contributed by atoms with Crippen LogP contribution >= 0.6 is 0 Å². The van der Waals surface area contributed by atoms with Crippen molar-refractivity contribution in [3.05, 3.63) is 12.2 Å². The third-order valence-electron chi connectivity index (χ3n) is 3.32. The second-order valence-corrected chi connectivity index (χ2v) is 4.49. The van der Waals surface area contributed by atoms with E-state index in [-0.39, 0.29) is 0 Å². The number of nitrogens with zero attached hydrogens (tertiary/aromatic N) is 3. The Bertz CT molecular complexity index is 318. The molecule has 5 heteroatoms. The molecule has 0 bridgehead atoms. The molecule has 16 heavy (non-hydrogen) atoms. The van der Waals surface area contributed by atoms with E-state index in [9.17, 15) is 0 Å². The number of ether oxygens (including phenoxy) is 1. The largest absolute Gasteiger partial charge is 0.383 e. The summed E-state index contributed by atoms with van der Waals surface area (Å²) in [7, 11) is 1.71. The van der Waals surface area contributed by atoms with Gasteiger partial charge in [-0.1, -0.05) is 0 Å². The van der Waals surface area contributed by atoms with Gasteiger partial charge in [-0.05, 0) is 25.7 Å². The lowest BCUT2D eigenvalue weighted by atomic mass is 9.86. The van der Waals surface area contributed by atoms with E-state index in [1.54, 1.807) is 13.4 Å². The molecule has 1 aliphatic rings. The highest BCUT2D eigenvalue weighted by molar-refractivity contribution is 4.99. The lowest BCUT2D eigenvalue weighted by Crippen LogP contribution is -2.27. The molecule has 1 fully saturated rings. The van der Waals surface area contributed by atoms with Gasteiger partial charge < -0.3 is 15.0 Å². The lowest BCUT2D eigenvalue weighted by Gasteiger charge is -2.25. The average Bonchev–Trinajstić information content (AvgIpc) is 2.75. The zero-order valence-electron chi connectivity index (χ0n) is 9.80. The molecule has 0 spiro atoms. The third kappa shape index (κ3) is 2.59. The van der Waals surface area contributed by atoms with Crippen molar-refractivity contribution in [1.82, 2.24) is 14.8 Å². The standard InChI is InChI=1S/C11H20N4O/c1-16-7-6-15-8-13-14-11(15)9-2-4-10(12)5-3-9/h8-10H,2-7,12H2,1H3. The minimum atomic E-state index is 0.381. The number of aromatic nitrogens is 3. The normalized spacial score (nSPS) is 25.9. The van der Waals surface area contributed by atoms with Crippen molar-refractivity contribution in [1.29, 1.82) is 0 Å². The van der Waals surface area contributed by atoms with Crippen molar-refractivity contribution in [2.45, 2.75) is 44.2 Å². The Labute approximate surface area is 96.0 Å². The molecule has 0 radical (unpaired) electrons. The first-order valence-corrected chi connectivity index (χ1v) is 5.93. The predicted octanol–water partition coefficient (Wildman–Crippen LogP) is 0.909. The summed E-state index contributed by atoms with van der Waals surface area (Å²) < 4.78 is 7.18. The van der Waals surface area contributed by atoms with Crippen LogP contribution in [0.1, 0.15) is 37.4 Å². The first kappa shape index (κ1) is 11.5. The van der Waals surface area contributed by atoms with Crippen molar-refractivity contribution < 1.29 is 4.74 Å². The highest BCUT2D eigenvalue weighted by atomic mass is 16.5. The summed E-state index contributed by atoms with van der Waals surface area (Å²) in [6.45, 7) is 1.54. The number of rotatable bonds is 4. The van der Waals surface area contributed by atoms with E-state index in [1.165, 1.54) is 0 Å². The Morgan fingerprint density at radius 1 is 1.44 bits per heavy atom. The van der Waals surface area contributed by atoms with Gasteiger partial charge in [0, 0.05) is 25.6 Å². The van der Waals surface area contributed by atoms with Crippen LogP contribution in [0, 0.1) is 0 Å². The number of nitrogens with two attached hydrogens (primary N) is 1. The topological polar surface area (TPSA) is 66.0 Å². The minimum absolute atomic E-state index is 0.381. The average molecular weight is 224 g/mol. The third-order valence-corrected chi connectivity index (χ3v) is 3.32. The molecular weight excluding hydrogens is 204 g/mol. The van der Waals surface area contributed by atoms with E-state index in [1.807, 2.05) is 0 Å². The molecule has 0 atom stereocenters. The van der Waals surface area contributed by atoms with Gasteiger partial charge >= 0.3 is 0 Å². The summed E-state index contributed by atoms with van der Waals surface area (Å²) in [4.78, 5) is 0. The van der Waals surface area contributed by atoms with Crippen LogP contribution in [0.2, 0.25) is 0 Å². The fraction of sp³-hybridized carbons (Fsp3) is 0.818. The fourth-order valence-electron chi connectivity index (χ4n) is 2.32. The molecule has 2 N–H and O–H groups in total. The van der Waals surface area contributed by atoms with Crippen molar-refractivity contribution in [3.63, 3.8) is 0 Å². The zero-order valence-corrected chi connectivity index (χ0v) is 9.80. The molecule has 0 amide bonds. The van der Waals surface area contributed by atoms with Crippen LogP contribution in [-0.2, 0) is 11.3 Å². The van der Waals surface area contributed by atoms with Crippen LogP contribution in [0.5, 0.6) is 0 Å². The molecule has 0 aliphatic heterocycles. The van der Waals surface area contributed by atoms with Crippen molar-refractivity contribution in [3.8, 4) is 0 Å². The van der Waals surface area contributed by atoms with Crippen molar-refractivity contribution >= 4 is 0 Å². The molecule has 1 saturated carbocycles. The Kier molecular flexibility index (Phi) is 3.90. The van der Waals surface area contributed by atoms with E-state index in [2.05, 4.69) is 14.8 Å². The molecule has 0 aromatic carbocycles. The predicted molar refractivity (Wildman–Crippen MR) is 61.1 cm³/mol. The monoisotopic (exact) mass is 224 g/mol. The van der Waals surface area contributed by atoms with Crippen LogP contribution in [0.25, 0.3) is 0 Å². The van der Waals surface area contributed by atoms with Gasteiger partial charge in [0.1, 0.15) is 12.2 Å². The van der Waals surface area contributed by atoms with Gasteiger partial charge in [0.15, 0.2) is 0 Å². The van der Waals surface area contributed by atoms with E-state index in [0.717, 1.165) is 38.1 Å². The summed E-state index contributed by atoms with van der Waals surface area (Å²) in [6.07, 6.45) is 6.26. The van der Waals surface area contributed by atoms with Crippen molar-refractivity contribution in [2.75, 3.05) is 13.7 Å². The van der Waals surface area contributed by atoms with Gasteiger partial charge in [0.25, 0.3) is 0 Å². The SMILES string of the molecule is COCCn1cnnc1C1CCC(N)CC1. The van der Waals surface area contributed by atoms with Gasteiger partial charge in [-0.15, -0.1) is 10.2 Å². The summed E-state index contributed by atoms with van der Waals surface area (Å²) in [5.41, 5.74) is 5.91. The molecule has 0 saturated heterocycles. The quantitative estimate of drug-likeness (QED) is 0.825. The Hall–Kier alpha value is -0.940. The van der Waals surface area contributed by atoms with E-state index in [0.29, 0.717) is 18.6 Å². The molecule has 5 nitrogen and oxygen atoms in total. The minimum Gasteiger partial charge on any atom is -0.383 e. The van der Waals surface area contributed by atoms with Gasteiger partial charge in [-0.2, -0.15) is 0 Å². The van der Waals surface area contributed by atoms with Gasteiger partial charge in [-0.25, -0.2) is 0 Å². The Morgan fingerprint density at radius 2 is 2.19 bits per heavy atom. The lowest BCUT2D eigenvalue weighted by molar-refractivity contribution is 0.185. The highest BCUT2D eigenvalue weighted by Gasteiger charge is 2.23. The molecule has 90 valence electrons. The number of hydrogen-bond acceptors (Lipinski definition) is 4. The molecule has 1 heterocycles. The summed E-state index contributed by atoms with van der Waals surface area (Å²) in [5.74, 6) is 1.63. The maximum absolute atomic E-state index is 5.91. The fourth-order valence-corrected chi connectivity index (χ4v) is 2.32. The first-order chi connectivity index (χ1) is 7.81. The molecule has 0 unspecified atom stereocenters. The van der Waals surface area contributed by atoms with Gasteiger partial charge in [0.2, 0.25) is 0 Å². The highest BCUT2D eigenvalue weighted by Crippen LogP contribution is 2.30. The van der Waals surface area contributed by atoms with Crippen molar-refractivity contribution in [2.24, 2.45) is 5.73 Å². The maximum Gasteiger partial charge on any atom is 0.135 e. The Balaban J connectivity index is 1.99. The number of hydrogen-bond donors (Lipinski definition) is 1. The van der Waals surface area contributed by atoms with Gasteiger partial charge in [-0.3, -0.25) is 0 Å². The van der Waals surface area contributed by atoms with Crippen LogP contribution < -0.4 is 5.73 Å². The second-order valence-electron chi connectivity index (χ2n) is 4.49. The molecule has 2 rings (SSSR count). The van der Waals surface area contributed by atoms with E-state index in [4.69, 9.17) is 10.5 Å².